The minimum Gasteiger partial charge on any atom is -0.480 e. The Kier molecular flexibility index (Phi) is 3.92. The zero-order chi connectivity index (χ0) is 13.3. The van der Waals surface area contributed by atoms with Crippen LogP contribution in [0.5, 0.6) is 0 Å². The van der Waals surface area contributed by atoms with Crippen LogP contribution < -0.4 is 5.32 Å². The lowest BCUT2D eigenvalue weighted by Gasteiger charge is -2.13. The van der Waals surface area contributed by atoms with Gasteiger partial charge in [0.2, 0.25) is 0 Å². The second-order valence-corrected chi connectivity index (χ2v) is 5.52. The van der Waals surface area contributed by atoms with Gasteiger partial charge in [0.1, 0.15) is 6.04 Å². The van der Waals surface area contributed by atoms with E-state index in [4.69, 9.17) is 16.7 Å². The molecular weight excluding hydrogens is 321 g/mol. The molecule has 0 spiro atoms. The molecular formula is C12H11BrClNO3. The van der Waals surface area contributed by atoms with Crippen LogP contribution in [0.4, 0.5) is 0 Å². The van der Waals surface area contributed by atoms with Crippen LogP contribution in [0, 0.1) is 5.92 Å². The first-order chi connectivity index (χ1) is 8.49. The van der Waals surface area contributed by atoms with Crippen molar-refractivity contribution in [3.63, 3.8) is 0 Å². The third-order valence-electron chi connectivity index (χ3n) is 2.83. The molecule has 1 aliphatic carbocycles. The van der Waals surface area contributed by atoms with Crippen LogP contribution in [-0.4, -0.2) is 23.0 Å². The monoisotopic (exact) mass is 331 g/mol. The number of amides is 1. The van der Waals surface area contributed by atoms with Crippen molar-refractivity contribution >= 4 is 39.4 Å². The van der Waals surface area contributed by atoms with E-state index in [0.717, 1.165) is 12.8 Å². The van der Waals surface area contributed by atoms with E-state index in [1.165, 1.54) is 0 Å². The van der Waals surface area contributed by atoms with Crippen molar-refractivity contribution in [1.82, 2.24) is 5.32 Å². The topological polar surface area (TPSA) is 66.4 Å². The number of hydrogen-bond donors (Lipinski definition) is 2. The predicted octanol–water partition coefficient (Wildman–Crippen LogP) is 2.70. The summed E-state index contributed by atoms with van der Waals surface area (Å²) >= 11 is 9.05. The van der Waals surface area contributed by atoms with E-state index < -0.39 is 17.9 Å². The van der Waals surface area contributed by atoms with Gasteiger partial charge in [-0.3, -0.25) is 4.79 Å². The number of rotatable bonds is 4. The minimum absolute atomic E-state index is 0.0576. The Bertz CT molecular complexity index is 502. The summed E-state index contributed by atoms with van der Waals surface area (Å²) in [6.07, 6.45) is 1.70. The predicted molar refractivity (Wildman–Crippen MR) is 70.8 cm³/mol. The van der Waals surface area contributed by atoms with E-state index in [1.54, 1.807) is 18.2 Å². The van der Waals surface area contributed by atoms with Crippen molar-refractivity contribution in [2.45, 2.75) is 18.9 Å². The summed E-state index contributed by atoms with van der Waals surface area (Å²) < 4.78 is 0.607. The van der Waals surface area contributed by atoms with Crippen LogP contribution in [0.1, 0.15) is 23.2 Å². The van der Waals surface area contributed by atoms with Gasteiger partial charge in [0, 0.05) is 10.0 Å². The quantitative estimate of drug-likeness (QED) is 0.891. The van der Waals surface area contributed by atoms with E-state index in [9.17, 15) is 9.59 Å². The summed E-state index contributed by atoms with van der Waals surface area (Å²) in [6, 6.07) is 3.93. The van der Waals surface area contributed by atoms with Gasteiger partial charge < -0.3 is 10.4 Å². The molecule has 0 saturated heterocycles. The lowest BCUT2D eigenvalue weighted by Crippen LogP contribution is -2.42. The van der Waals surface area contributed by atoms with Gasteiger partial charge in [0.05, 0.1) is 5.02 Å². The van der Waals surface area contributed by atoms with Crippen LogP contribution >= 0.6 is 27.5 Å². The van der Waals surface area contributed by atoms with Crippen LogP contribution in [0.15, 0.2) is 22.7 Å². The number of carboxylic acid groups (broad SMARTS) is 1. The van der Waals surface area contributed by atoms with Gasteiger partial charge in [-0.05, 0) is 52.9 Å². The average molecular weight is 333 g/mol. The molecule has 2 N–H and O–H groups in total. The fourth-order valence-electron chi connectivity index (χ4n) is 1.67. The smallest absolute Gasteiger partial charge is 0.326 e. The summed E-state index contributed by atoms with van der Waals surface area (Å²) in [5.74, 6) is -1.33. The van der Waals surface area contributed by atoms with Crippen molar-refractivity contribution < 1.29 is 14.7 Å². The molecule has 1 fully saturated rings. The maximum Gasteiger partial charge on any atom is 0.326 e. The van der Waals surface area contributed by atoms with Crippen molar-refractivity contribution in [3.8, 4) is 0 Å². The Hall–Kier alpha value is -1.07. The van der Waals surface area contributed by atoms with Crippen LogP contribution in [0.2, 0.25) is 5.02 Å². The highest BCUT2D eigenvalue weighted by Gasteiger charge is 2.37. The highest BCUT2D eigenvalue weighted by atomic mass is 79.9. The van der Waals surface area contributed by atoms with Crippen LogP contribution in [0.25, 0.3) is 0 Å². The highest BCUT2D eigenvalue weighted by Crippen LogP contribution is 2.33. The molecule has 1 atom stereocenters. The maximum absolute atomic E-state index is 11.9. The van der Waals surface area contributed by atoms with Crippen molar-refractivity contribution in [2.75, 3.05) is 0 Å². The largest absolute Gasteiger partial charge is 0.480 e. The number of carbonyl (C=O) groups is 2. The molecule has 96 valence electrons. The number of benzene rings is 1. The summed E-state index contributed by atoms with van der Waals surface area (Å²) in [5, 5.41) is 12.1. The Labute approximate surface area is 117 Å². The lowest BCUT2D eigenvalue weighted by molar-refractivity contribution is -0.139. The molecule has 0 aliphatic heterocycles. The molecule has 0 heterocycles. The standard InChI is InChI=1S/C12H11BrClNO3/c13-8-5-7(3-4-9(8)14)11(16)15-10(12(17)18)6-1-2-6/h3-6,10H,1-2H2,(H,15,16)(H,17,18). The molecule has 0 bridgehead atoms. The lowest BCUT2D eigenvalue weighted by atomic mass is 10.1. The molecule has 1 unspecified atom stereocenters. The van der Waals surface area contributed by atoms with Gasteiger partial charge in [-0.15, -0.1) is 0 Å². The summed E-state index contributed by atoms with van der Waals surface area (Å²) in [7, 11) is 0. The Balaban J connectivity index is 2.10. The average Bonchev–Trinajstić information content (AvgIpc) is 3.13. The number of carbonyl (C=O) groups excluding carboxylic acids is 1. The van der Waals surface area contributed by atoms with Crippen LogP contribution in [0.3, 0.4) is 0 Å². The molecule has 1 amide bonds. The zero-order valence-electron chi connectivity index (χ0n) is 9.32. The SMILES string of the molecule is O=C(NC(C(=O)O)C1CC1)c1ccc(Cl)c(Br)c1. The van der Waals surface area contributed by atoms with E-state index in [2.05, 4.69) is 21.2 Å². The number of halogens is 2. The first-order valence-electron chi connectivity index (χ1n) is 5.48. The molecule has 1 aromatic carbocycles. The molecule has 18 heavy (non-hydrogen) atoms. The molecule has 0 radical (unpaired) electrons. The van der Waals surface area contributed by atoms with Gasteiger partial charge in [0.25, 0.3) is 5.91 Å². The van der Waals surface area contributed by atoms with Crippen molar-refractivity contribution in [1.29, 1.82) is 0 Å². The normalized spacial score (nSPS) is 16.1. The Morgan fingerprint density at radius 3 is 2.61 bits per heavy atom. The minimum atomic E-state index is -0.987. The van der Waals surface area contributed by atoms with Gasteiger partial charge in [-0.2, -0.15) is 0 Å². The van der Waals surface area contributed by atoms with Gasteiger partial charge >= 0.3 is 5.97 Å². The number of hydrogen-bond acceptors (Lipinski definition) is 2. The molecule has 0 aromatic heterocycles. The van der Waals surface area contributed by atoms with Gasteiger partial charge in [-0.25, -0.2) is 4.79 Å². The molecule has 1 aliphatic rings. The van der Waals surface area contributed by atoms with Crippen LogP contribution in [-0.2, 0) is 4.79 Å². The number of nitrogens with one attached hydrogen (secondary N) is 1. The van der Waals surface area contributed by atoms with E-state index in [-0.39, 0.29) is 5.92 Å². The van der Waals surface area contributed by atoms with Crippen molar-refractivity contribution in [2.24, 2.45) is 5.92 Å². The van der Waals surface area contributed by atoms with E-state index >= 15 is 0 Å². The van der Waals surface area contributed by atoms with Gasteiger partial charge in [0.15, 0.2) is 0 Å². The number of carboxylic acids is 1. The highest BCUT2D eigenvalue weighted by molar-refractivity contribution is 9.10. The van der Waals surface area contributed by atoms with E-state index in [0.29, 0.717) is 15.1 Å². The summed E-state index contributed by atoms with van der Waals surface area (Å²) in [6.45, 7) is 0. The first-order valence-corrected chi connectivity index (χ1v) is 6.65. The Morgan fingerprint density at radius 2 is 2.11 bits per heavy atom. The second-order valence-electron chi connectivity index (χ2n) is 4.26. The van der Waals surface area contributed by atoms with Gasteiger partial charge in [-0.1, -0.05) is 11.6 Å². The molecule has 1 saturated carbocycles. The third kappa shape index (κ3) is 3.03. The van der Waals surface area contributed by atoms with Crippen molar-refractivity contribution in [3.05, 3.63) is 33.3 Å². The molecule has 6 heteroatoms. The van der Waals surface area contributed by atoms with E-state index in [1.807, 2.05) is 0 Å². The Morgan fingerprint density at radius 1 is 1.44 bits per heavy atom. The zero-order valence-corrected chi connectivity index (χ0v) is 11.7. The molecule has 2 rings (SSSR count). The molecule has 4 nitrogen and oxygen atoms in total. The fraction of sp³-hybridized carbons (Fsp3) is 0.333. The summed E-state index contributed by atoms with van der Waals surface area (Å²) in [4.78, 5) is 22.9. The second kappa shape index (κ2) is 5.28. The maximum atomic E-state index is 11.9. The number of aliphatic carboxylic acids is 1. The fourth-order valence-corrected chi connectivity index (χ4v) is 2.17. The molecule has 1 aromatic rings. The first kappa shape index (κ1) is 13.4. The summed E-state index contributed by atoms with van der Waals surface area (Å²) in [5.41, 5.74) is 0.387. The third-order valence-corrected chi connectivity index (χ3v) is 4.04.